The number of rotatable bonds is 9. The van der Waals surface area contributed by atoms with Crippen molar-refractivity contribution in [2.45, 2.75) is 11.8 Å². The molecule has 0 fully saturated rings. The highest BCUT2D eigenvalue weighted by molar-refractivity contribution is 7.92. The summed E-state index contributed by atoms with van der Waals surface area (Å²) < 4.78 is 50.2. The number of sulfonamides is 1. The third-order valence-electron chi connectivity index (χ3n) is 5.54. The fourth-order valence-electron chi connectivity index (χ4n) is 3.67. The first-order valence-electron chi connectivity index (χ1n) is 11.4. The number of nitrogens with zero attached hydrogens (tertiary/aromatic N) is 2. The highest BCUT2D eigenvalue weighted by Crippen LogP contribution is 2.36. The molecular weight excluding hydrogens is 498 g/mol. The highest BCUT2D eigenvalue weighted by atomic mass is 32.2. The van der Waals surface area contributed by atoms with Crippen molar-refractivity contribution in [3.8, 4) is 23.0 Å². The van der Waals surface area contributed by atoms with Crippen molar-refractivity contribution < 1.29 is 32.2 Å². The number of amides is 1. The van der Waals surface area contributed by atoms with E-state index in [0.717, 1.165) is 9.87 Å². The third-order valence-corrected chi connectivity index (χ3v) is 7.31. The molecule has 1 heterocycles. The van der Waals surface area contributed by atoms with Gasteiger partial charge in [-0.3, -0.25) is 9.10 Å². The maximum absolute atomic E-state index is 13.7. The number of methoxy groups -OCH3 is 2. The Kier molecular flexibility index (Phi) is 7.83. The van der Waals surface area contributed by atoms with Gasteiger partial charge >= 0.3 is 0 Å². The van der Waals surface area contributed by atoms with Gasteiger partial charge in [0.2, 0.25) is 0 Å². The molecule has 0 spiro atoms. The summed E-state index contributed by atoms with van der Waals surface area (Å²) >= 11 is 0. The van der Waals surface area contributed by atoms with Gasteiger partial charge in [0.05, 0.1) is 31.0 Å². The normalized spacial score (nSPS) is 12.7. The van der Waals surface area contributed by atoms with Crippen LogP contribution in [-0.2, 0) is 14.8 Å². The molecule has 0 saturated heterocycles. The number of para-hydroxylation sites is 1. The fourth-order valence-corrected chi connectivity index (χ4v) is 5.09. The van der Waals surface area contributed by atoms with Crippen LogP contribution in [-0.4, -0.2) is 54.5 Å². The standard InChI is InChI=1S/C26H27N3O7S/c1-18-7-10-21(11-8-18)37(31,32)29(22-15-20(33-2)9-12-23(22)34-3)17-25(30)28-27-16-19-5-4-6-24-26(19)36-14-13-35-24/h4-12,15-16H,13-14,17H2,1-3H3,(H,28,30)/b27-16-. The van der Waals surface area contributed by atoms with Crippen LogP contribution in [0, 0.1) is 6.92 Å². The number of aryl methyl sites for hydroxylation is 1. The van der Waals surface area contributed by atoms with Crippen molar-refractivity contribution in [1.29, 1.82) is 0 Å². The Labute approximate surface area is 215 Å². The first-order valence-corrected chi connectivity index (χ1v) is 12.8. The van der Waals surface area contributed by atoms with E-state index in [1.54, 1.807) is 42.5 Å². The summed E-state index contributed by atoms with van der Waals surface area (Å²) in [6.45, 7) is 2.14. The Hall–Kier alpha value is -4.25. The number of benzene rings is 3. The summed E-state index contributed by atoms with van der Waals surface area (Å²) in [6.07, 6.45) is 1.41. The molecule has 0 aliphatic carbocycles. The summed E-state index contributed by atoms with van der Waals surface area (Å²) in [5, 5.41) is 4.00. The van der Waals surface area contributed by atoms with Crippen molar-refractivity contribution in [2.75, 3.05) is 38.3 Å². The zero-order valence-electron chi connectivity index (χ0n) is 20.6. The lowest BCUT2D eigenvalue weighted by atomic mass is 10.2. The Morgan fingerprint density at radius 1 is 1.05 bits per heavy atom. The minimum absolute atomic E-state index is 0.0207. The second-order valence-corrected chi connectivity index (χ2v) is 9.89. The largest absolute Gasteiger partial charge is 0.497 e. The monoisotopic (exact) mass is 525 g/mol. The summed E-state index contributed by atoms with van der Waals surface area (Å²) in [5.74, 6) is 1.09. The van der Waals surface area contributed by atoms with E-state index >= 15 is 0 Å². The van der Waals surface area contributed by atoms with Crippen LogP contribution in [0.5, 0.6) is 23.0 Å². The molecule has 3 aromatic carbocycles. The molecule has 0 saturated carbocycles. The van der Waals surface area contributed by atoms with Crippen molar-refractivity contribution in [2.24, 2.45) is 5.10 Å². The van der Waals surface area contributed by atoms with Gasteiger partial charge < -0.3 is 18.9 Å². The highest BCUT2D eigenvalue weighted by Gasteiger charge is 2.30. The molecule has 0 aromatic heterocycles. The summed E-state index contributed by atoms with van der Waals surface area (Å²) in [5.41, 5.74) is 4.04. The second-order valence-electron chi connectivity index (χ2n) is 8.03. The van der Waals surface area contributed by atoms with E-state index in [4.69, 9.17) is 18.9 Å². The average Bonchev–Trinajstić information content (AvgIpc) is 2.91. The van der Waals surface area contributed by atoms with Gasteiger partial charge in [-0.25, -0.2) is 13.8 Å². The molecule has 1 N–H and O–H groups in total. The Morgan fingerprint density at radius 2 is 1.81 bits per heavy atom. The summed E-state index contributed by atoms with van der Waals surface area (Å²) in [4.78, 5) is 13.0. The van der Waals surface area contributed by atoms with Crippen molar-refractivity contribution in [3.05, 3.63) is 71.8 Å². The first-order chi connectivity index (χ1) is 17.8. The molecule has 0 atom stereocenters. The topological polar surface area (TPSA) is 116 Å². The minimum Gasteiger partial charge on any atom is -0.497 e. The van der Waals surface area contributed by atoms with E-state index in [-0.39, 0.29) is 16.3 Å². The van der Waals surface area contributed by atoms with E-state index in [9.17, 15) is 13.2 Å². The van der Waals surface area contributed by atoms with Crippen LogP contribution in [0.3, 0.4) is 0 Å². The number of nitrogens with one attached hydrogen (secondary N) is 1. The second kappa shape index (κ2) is 11.2. The number of carbonyl (C=O) groups excluding carboxylic acids is 1. The lowest BCUT2D eigenvalue weighted by molar-refractivity contribution is -0.119. The van der Waals surface area contributed by atoms with Crippen molar-refractivity contribution >= 4 is 27.8 Å². The zero-order valence-corrected chi connectivity index (χ0v) is 21.4. The van der Waals surface area contributed by atoms with E-state index in [1.165, 1.54) is 38.6 Å². The number of hydrogen-bond donors (Lipinski definition) is 1. The maximum Gasteiger partial charge on any atom is 0.264 e. The van der Waals surface area contributed by atoms with Crippen LogP contribution in [0.1, 0.15) is 11.1 Å². The predicted molar refractivity (Wildman–Crippen MR) is 138 cm³/mol. The van der Waals surface area contributed by atoms with Crippen LogP contribution in [0.25, 0.3) is 0 Å². The van der Waals surface area contributed by atoms with Crippen molar-refractivity contribution in [1.82, 2.24) is 5.43 Å². The van der Waals surface area contributed by atoms with Gasteiger partial charge in [-0.15, -0.1) is 0 Å². The van der Waals surface area contributed by atoms with Crippen LogP contribution in [0.2, 0.25) is 0 Å². The minimum atomic E-state index is -4.16. The lowest BCUT2D eigenvalue weighted by Gasteiger charge is -2.25. The first kappa shape index (κ1) is 25.8. The van der Waals surface area contributed by atoms with Crippen LogP contribution < -0.4 is 28.7 Å². The predicted octanol–water partition coefficient (Wildman–Crippen LogP) is 3.13. The molecular formula is C26H27N3O7S. The maximum atomic E-state index is 13.7. The van der Waals surface area contributed by atoms with Gasteiger partial charge in [0, 0.05) is 11.6 Å². The third kappa shape index (κ3) is 5.78. The van der Waals surface area contributed by atoms with Gasteiger partial charge in [-0.05, 0) is 43.3 Å². The molecule has 3 aromatic rings. The summed E-state index contributed by atoms with van der Waals surface area (Å²) in [6, 6.07) is 16.4. The van der Waals surface area contributed by atoms with Crippen LogP contribution in [0.4, 0.5) is 5.69 Å². The Morgan fingerprint density at radius 3 is 2.54 bits per heavy atom. The number of ether oxygens (including phenoxy) is 4. The molecule has 1 amide bonds. The molecule has 37 heavy (non-hydrogen) atoms. The summed E-state index contributed by atoms with van der Waals surface area (Å²) in [7, 11) is -1.29. The Balaban J connectivity index is 1.63. The molecule has 0 radical (unpaired) electrons. The SMILES string of the molecule is COc1ccc(OC)c(N(CC(=O)N/N=C\c2cccc3c2OCCO3)S(=O)(=O)c2ccc(C)cc2)c1. The van der Waals surface area contributed by atoms with Gasteiger partial charge in [-0.2, -0.15) is 5.10 Å². The smallest absolute Gasteiger partial charge is 0.264 e. The lowest BCUT2D eigenvalue weighted by Crippen LogP contribution is -2.39. The number of carbonyl (C=O) groups is 1. The van der Waals surface area contributed by atoms with Crippen LogP contribution >= 0.6 is 0 Å². The zero-order chi connectivity index (χ0) is 26.4. The van der Waals surface area contributed by atoms with Gasteiger partial charge in [-0.1, -0.05) is 23.8 Å². The van der Waals surface area contributed by atoms with Crippen LogP contribution in [0.15, 0.2) is 70.7 Å². The molecule has 1 aliphatic heterocycles. The fraction of sp³-hybridized carbons (Fsp3) is 0.231. The van der Waals surface area contributed by atoms with Gasteiger partial charge in [0.25, 0.3) is 15.9 Å². The number of fused-ring (bicyclic) bond motifs is 1. The molecule has 4 rings (SSSR count). The van der Waals surface area contributed by atoms with E-state index < -0.39 is 22.5 Å². The van der Waals surface area contributed by atoms with Gasteiger partial charge in [0.15, 0.2) is 11.5 Å². The van der Waals surface area contributed by atoms with E-state index in [0.29, 0.717) is 36.0 Å². The van der Waals surface area contributed by atoms with Crippen molar-refractivity contribution in [3.63, 3.8) is 0 Å². The van der Waals surface area contributed by atoms with Gasteiger partial charge in [0.1, 0.15) is 31.3 Å². The quantitative estimate of drug-likeness (QED) is 0.337. The van der Waals surface area contributed by atoms with E-state index in [1.807, 2.05) is 6.92 Å². The molecule has 11 heteroatoms. The Bertz CT molecular complexity index is 1410. The molecule has 1 aliphatic rings. The number of hydrogen-bond acceptors (Lipinski definition) is 8. The molecule has 0 unspecified atom stereocenters. The van der Waals surface area contributed by atoms with E-state index in [2.05, 4.69) is 10.5 Å². The molecule has 194 valence electrons. The number of anilines is 1. The molecule has 10 nitrogen and oxygen atoms in total. The molecule has 0 bridgehead atoms. The number of hydrazone groups is 1. The average molecular weight is 526 g/mol.